The van der Waals surface area contributed by atoms with Crippen LogP contribution in [0.3, 0.4) is 0 Å². The zero-order valence-electron chi connectivity index (χ0n) is 15.3. The van der Waals surface area contributed by atoms with Crippen molar-refractivity contribution in [1.82, 2.24) is 15.5 Å². The van der Waals surface area contributed by atoms with Crippen LogP contribution in [0.4, 0.5) is 18.0 Å². The van der Waals surface area contributed by atoms with E-state index in [0.717, 1.165) is 11.6 Å². The van der Waals surface area contributed by atoms with Crippen molar-refractivity contribution in [3.8, 4) is 0 Å². The fourth-order valence-corrected chi connectivity index (χ4v) is 3.76. The van der Waals surface area contributed by atoms with Crippen molar-refractivity contribution in [3.05, 3.63) is 82.6 Å². The van der Waals surface area contributed by atoms with E-state index in [2.05, 4.69) is 10.6 Å². The molecule has 1 atom stereocenters. The van der Waals surface area contributed by atoms with Crippen LogP contribution in [0.5, 0.6) is 0 Å². The van der Waals surface area contributed by atoms with Crippen LogP contribution in [0.2, 0.25) is 0 Å². The van der Waals surface area contributed by atoms with Crippen LogP contribution in [0, 0.1) is 0 Å². The molecule has 0 aliphatic carbocycles. The Kier molecular flexibility index (Phi) is 4.77. The molecule has 0 fully saturated rings. The summed E-state index contributed by atoms with van der Waals surface area (Å²) in [6.45, 7) is 0.568. The van der Waals surface area contributed by atoms with Gasteiger partial charge in [-0.05, 0) is 23.6 Å². The second kappa shape index (κ2) is 7.27. The van der Waals surface area contributed by atoms with Crippen LogP contribution < -0.4 is 10.6 Å². The molecule has 0 saturated heterocycles. The summed E-state index contributed by atoms with van der Waals surface area (Å²) in [5.74, 6) is -0.370. The lowest BCUT2D eigenvalue weighted by molar-refractivity contribution is -0.138. The predicted molar refractivity (Wildman–Crippen MR) is 99.6 cm³/mol. The van der Waals surface area contributed by atoms with Crippen LogP contribution >= 0.6 is 0 Å². The largest absolute Gasteiger partial charge is 0.416 e. The highest BCUT2D eigenvalue weighted by atomic mass is 19.4. The Hall–Kier alpha value is -3.29. The molecule has 2 aromatic carbocycles. The highest BCUT2D eigenvalue weighted by Crippen LogP contribution is 2.39. The van der Waals surface area contributed by atoms with Gasteiger partial charge in [0.15, 0.2) is 0 Å². The first-order chi connectivity index (χ1) is 13.8. The summed E-state index contributed by atoms with van der Waals surface area (Å²) in [6, 6.07) is 12.8. The maximum atomic E-state index is 13.5. The smallest absolute Gasteiger partial charge is 0.333 e. The summed E-state index contributed by atoms with van der Waals surface area (Å²) >= 11 is 0. The zero-order chi connectivity index (χ0) is 20.6. The van der Waals surface area contributed by atoms with E-state index < -0.39 is 23.8 Å². The lowest BCUT2D eigenvalue weighted by atomic mass is 9.92. The van der Waals surface area contributed by atoms with Gasteiger partial charge in [-0.1, -0.05) is 48.5 Å². The maximum Gasteiger partial charge on any atom is 0.416 e. The highest BCUT2D eigenvalue weighted by molar-refractivity contribution is 6.01. The molecule has 2 aliphatic rings. The minimum Gasteiger partial charge on any atom is -0.333 e. The average Bonchev–Trinajstić information content (AvgIpc) is 3.01. The maximum absolute atomic E-state index is 13.5. The Morgan fingerprint density at radius 3 is 2.41 bits per heavy atom. The van der Waals surface area contributed by atoms with Gasteiger partial charge in [0.25, 0.3) is 5.91 Å². The minimum atomic E-state index is -4.60. The van der Waals surface area contributed by atoms with Crippen molar-refractivity contribution >= 4 is 11.9 Å². The van der Waals surface area contributed by atoms with Crippen LogP contribution in [0.15, 0.2) is 65.9 Å². The Morgan fingerprint density at radius 2 is 1.69 bits per heavy atom. The normalized spacial score (nSPS) is 19.1. The van der Waals surface area contributed by atoms with Crippen molar-refractivity contribution in [2.24, 2.45) is 0 Å². The van der Waals surface area contributed by atoms with Crippen molar-refractivity contribution < 1.29 is 22.8 Å². The van der Waals surface area contributed by atoms with E-state index in [4.69, 9.17) is 0 Å². The number of amides is 3. The van der Waals surface area contributed by atoms with Crippen LogP contribution in [-0.4, -0.2) is 29.9 Å². The number of rotatable bonds is 4. The van der Waals surface area contributed by atoms with E-state index in [1.807, 2.05) is 30.3 Å². The number of carbonyl (C=O) groups is 2. The van der Waals surface area contributed by atoms with Gasteiger partial charge in [0.05, 0.1) is 29.4 Å². The van der Waals surface area contributed by atoms with Gasteiger partial charge in [-0.15, -0.1) is 0 Å². The standard InChI is InChI=1S/C21H18F3N3O2/c22-21(23,24)15-9-5-4-8-14(15)18-17-16(25-20(29)26-18)12-27(19(17)28)11-10-13-6-2-1-3-7-13/h1-9,18H,10-12H2,(H2,25,26,29)/t18-/m0/s1. The predicted octanol–water partition coefficient (Wildman–Crippen LogP) is 3.40. The van der Waals surface area contributed by atoms with Crippen LogP contribution in [0.1, 0.15) is 22.7 Å². The second-order valence-corrected chi connectivity index (χ2v) is 6.97. The number of hydrogen-bond acceptors (Lipinski definition) is 2. The molecule has 2 aliphatic heterocycles. The highest BCUT2D eigenvalue weighted by Gasteiger charge is 2.43. The zero-order valence-corrected chi connectivity index (χ0v) is 15.3. The fourth-order valence-electron chi connectivity index (χ4n) is 3.76. The lowest BCUT2D eigenvalue weighted by Crippen LogP contribution is -2.44. The van der Waals surface area contributed by atoms with Crippen molar-refractivity contribution in [1.29, 1.82) is 0 Å². The van der Waals surface area contributed by atoms with Crippen LogP contribution in [-0.2, 0) is 17.4 Å². The van der Waals surface area contributed by atoms with Crippen molar-refractivity contribution in [3.63, 3.8) is 0 Å². The van der Waals surface area contributed by atoms with E-state index in [1.165, 1.54) is 18.2 Å². The molecule has 0 unspecified atom stereocenters. The second-order valence-electron chi connectivity index (χ2n) is 6.97. The summed E-state index contributed by atoms with van der Waals surface area (Å²) < 4.78 is 40.5. The SMILES string of the molecule is O=C1NC2=C(C(=O)N(CCc3ccccc3)C2)[C@H](c2ccccc2C(F)(F)F)N1. The molecule has 3 amide bonds. The molecule has 0 radical (unpaired) electrons. The van der Waals surface area contributed by atoms with Crippen molar-refractivity contribution in [2.75, 3.05) is 13.1 Å². The third kappa shape index (κ3) is 3.70. The molecule has 150 valence electrons. The third-order valence-electron chi connectivity index (χ3n) is 5.11. The molecule has 2 aromatic rings. The molecule has 2 heterocycles. The van der Waals surface area contributed by atoms with Gasteiger partial charge in [0.2, 0.25) is 0 Å². The van der Waals surface area contributed by atoms with Gasteiger partial charge < -0.3 is 15.5 Å². The summed E-state index contributed by atoms with van der Waals surface area (Å²) in [5.41, 5.74) is 0.560. The molecule has 0 spiro atoms. The van der Waals surface area contributed by atoms with E-state index in [1.54, 1.807) is 4.90 Å². The quantitative estimate of drug-likeness (QED) is 0.825. The summed E-state index contributed by atoms with van der Waals surface area (Å²) in [5, 5.41) is 5.07. The first-order valence-corrected chi connectivity index (χ1v) is 9.14. The molecular weight excluding hydrogens is 383 g/mol. The molecule has 0 bridgehead atoms. The lowest BCUT2D eigenvalue weighted by Gasteiger charge is -2.27. The molecule has 2 N–H and O–H groups in total. The Bertz CT molecular complexity index is 986. The Morgan fingerprint density at radius 1 is 1.00 bits per heavy atom. The van der Waals surface area contributed by atoms with E-state index in [9.17, 15) is 22.8 Å². The molecule has 0 aromatic heterocycles. The Labute approximate surface area is 165 Å². The van der Waals surface area contributed by atoms with Gasteiger partial charge in [-0.2, -0.15) is 13.2 Å². The minimum absolute atomic E-state index is 0.138. The number of urea groups is 1. The molecule has 0 saturated carbocycles. The molecule has 29 heavy (non-hydrogen) atoms. The van der Waals surface area contributed by atoms with Gasteiger partial charge in [0, 0.05) is 6.54 Å². The van der Waals surface area contributed by atoms with Gasteiger partial charge in [-0.25, -0.2) is 4.79 Å². The summed E-state index contributed by atoms with van der Waals surface area (Å²) in [4.78, 5) is 26.6. The van der Waals surface area contributed by atoms with E-state index >= 15 is 0 Å². The molecule has 8 heteroatoms. The fraction of sp³-hybridized carbons (Fsp3) is 0.238. The van der Waals surface area contributed by atoms with Gasteiger partial charge in [0.1, 0.15) is 0 Å². The van der Waals surface area contributed by atoms with Crippen LogP contribution in [0.25, 0.3) is 0 Å². The summed E-state index contributed by atoms with van der Waals surface area (Å²) in [6.07, 6.45) is -3.99. The Balaban J connectivity index is 1.62. The number of benzene rings is 2. The first kappa shape index (κ1) is 19.0. The topological polar surface area (TPSA) is 61.4 Å². The van der Waals surface area contributed by atoms with Crippen molar-refractivity contribution in [2.45, 2.75) is 18.6 Å². The van der Waals surface area contributed by atoms with E-state index in [0.29, 0.717) is 18.7 Å². The van der Waals surface area contributed by atoms with Gasteiger partial charge in [-0.3, -0.25) is 4.79 Å². The summed E-state index contributed by atoms with van der Waals surface area (Å²) in [7, 11) is 0. The molecular formula is C21H18F3N3O2. The third-order valence-corrected chi connectivity index (χ3v) is 5.11. The number of carbonyl (C=O) groups excluding carboxylic acids is 2. The average molecular weight is 401 g/mol. The molecule has 5 nitrogen and oxygen atoms in total. The number of nitrogens with zero attached hydrogens (tertiary/aromatic N) is 1. The van der Waals surface area contributed by atoms with E-state index in [-0.39, 0.29) is 23.6 Å². The number of nitrogens with one attached hydrogen (secondary N) is 2. The first-order valence-electron chi connectivity index (χ1n) is 9.14. The number of halogens is 3. The van der Waals surface area contributed by atoms with Gasteiger partial charge >= 0.3 is 12.2 Å². The number of alkyl halides is 3. The molecule has 4 rings (SSSR count). The number of hydrogen-bond donors (Lipinski definition) is 2. The monoisotopic (exact) mass is 401 g/mol.